The van der Waals surface area contributed by atoms with Crippen LogP contribution in [0.1, 0.15) is 46.5 Å². The van der Waals surface area contributed by atoms with Crippen molar-refractivity contribution in [2.75, 3.05) is 0 Å². The zero-order valence-electron chi connectivity index (χ0n) is 7.56. The van der Waals surface area contributed by atoms with E-state index in [1.165, 1.54) is 25.7 Å². The van der Waals surface area contributed by atoms with Crippen molar-refractivity contribution in [2.24, 2.45) is 17.8 Å². The van der Waals surface area contributed by atoms with Gasteiger partial charge in [0.25, 0.3) is 0 Å². The minimum absolute atomic E-state index is 1.03. The summed E-state index contributed by atoms with van der Waals surface area (Å²) in [5.74, 6) is 3.16. The van der Waals surface area contributed by atoms with Crippen LogP contribution in [0.15, 0.2) is 0 Å². The van der Waals surface area contributed by atoms with Gasteiger partial charge in [0.15, 0.2) is 0 Å². The van der Waals surface area contributed by atoms with Crippen molar-refractivity contribution in [1.29, 1.82) is 0 Å². The zero-order valence-corrected chi connectivity index (χ0v) is 7.56. The van der Waals surface area contributed by atoms with Gasteiger partial charge in [0, 0.05) is 0 Å². The molecule has 0 aromatic heterocycles. The highest BCUT2D eigenvalue weighted by Crippen LogP contribution is 2.40. The van der Waals surface area contributed by atoms with Gasteiger partial charge >= 0.3 is 0 Å². The van der Waals surface area contributed by atoms with Crippen LogP contribution in [0.5, 0.6) is 0 Å². The van der Waals surface area contributed by atoms with Gasteiger partial charge in [-0.3, -0.25) is 0 Å². The molecule has 1 rings (SSSR count). The first-order valence-electron chi connectivity index (χ1n) is 4.77. The summed E-state index contributed by atoms with van der Waals surface area (Å²) in [6, 6.07) is 0. The van der Waals surface area contributed by atoms with Gasteiger partial charge in [0.2, 0.25) is 0 Å². The predicted octanol–water partition coefficient (Wildman–Crippen LogP) is 3.47. The van der Waals surface area contributed by atoms with E-state index in [2.05, 4.69) is 20.8 Å². The molecule has 0 heterocycles. The lowest BCUT2D eigenvalue weighted by Gasteiger charge is -2.38. The minimum Gasteiger partial charge on any atom is -0.0651 e. The quantitative estimate of drug-likeness (QED) is 0.563. The largest absolute Gasteiger partial charge is 0.0651 e. The van der Waals surface area contributed by atoms with E-state index in [9.17, 15) is 0 Å². The Hall–Kier alpha value is 0. The summed E-state index contributed by atoms with van der Waals surface area (Å²) in [5, 5.41) is 0. The van der Waals surface area contributed by atoms with E-state index < -0.39 is 0 Å². The Bertz CT molecular complexity index is 86.2. The summed E-state index contributed by atoms with van der Waals surface area (Å²) in [6.07, 6.45) is 5.81. The molecule has 1 saturated carbocycles. The second kappa shape index (κ2) is 3.41. The van der Waals surface area contributed by atoms with E-state index in [1.54, 1.807) is 0 Å². The third-order valence-corrected chi connectivity index (χ3v) is 3.13. The van der Waals surface area contributed by atoms with Crippen LogP contribution in [-0.4, -0.2) is 0 Å². The summed E-state index contributed by atoms with van der Waals surface area (Å²) < 4.78 is 0. The summed E-state index contributed by atoms with van der Waals surface area (Å²) in [6.45, 7) is 7.03. The lowest BCUT2D eigenvalue weighted by atomic mass is 9.68. The van der Waals surface area contributed by atoms with E-state index in [-0.39, 0.29) is 0 Å². The molecule has 1 aliphatic carbocycles. The van der Waals surface area contributed by atoms with Crippen molar-refractivity contribution in [1.82, 2.24) is 0 Å². The molecule has 0 radical (unpaired) electrons. The fourth-order valence-electron chi connectivity index (χ4n) is 2.30. The molecule has 0 bridgehead atoms. The highest BCUT2D eigenvalue weighted by molar-refractivity contribution is 4.80. The molecule has 0 aromatic rings. The van der Waals surface area contributed by atoms with E-state index >= 15 is 0 Å². The molecule has 0 amide bonds. The molecule has 60 valence electrons. The average molecular weight is 140 g/mol. The normalized spacial score (nSPS) is 32.4. The van der Waals surface area contributed by atoms with Gasteiger partial charge in [0.05, 0.1) is 0 Å². The highest BCUT2D eigenvalue weighted by Gasteiger charge is 2.29. The SMILES string of the molecule is CCC(CC)C1CC(C)C1. The molecule has 0 spiro atoms. The van der Waals surface area contributed by atoms with Gasteiger partial charge in [-0.2, -0.15) is 0 Å². The van der Waals surface area contributed by atoms with Crippen molar-refractivity contribution in [3.63, 3.8) is 0 Å². The Labute approximate surface area is 65.0 Å². The molecule has 0 heteroatoms. The van der Waals surface area contributed by atoms with Gasteiger partial charge in [0.1, 0.15) is 0 Å². The molecule has 0 N–H and O–H groups in total. The smallest absolute Gasteiger partial charge is 0.0381 e. The van der Waals surface area contributed by atoms with E-state index in [0.717, 1.165) is 17.8 Å². The van der Waals surface area contributed by atoms with Crippen LogP contribution in [0.3, 0.4) is 0 Å². The first kappa shape index (κ1) is 8.10. The monoisotopic (exact) mass is 140 g/mol. The molecule has 0 unspecified atom stereocenters. The van der Waals surface area contributed by atoms with Crippen molar-refractivity contribution < 1.29 is 0 Å². The maximum Gasteiger partial charge on any atom is -0.0381 e. The minimum atomic E-state index is 1.03. The van der Waals surface area contributed by atoms with Crippen LogP contribution in [0.25, 0.3) is 0 Å². The zero-order chi connectivity index (χ0) is 7.56. The fraction of sp³-hybridized carbons (Fsp3) is 1.00. The van der Waals surface area contributed by atoms with E-state index in [1.807, 2.05) is 0 Å². The van der Waals surface area contributed by atoms with Gasteiger partial charge in [-0.05, 0) is 30.6 Å². The van der Waals surface area contributed by atoms with E-state index in [0.29, 0.717) is 0 Å². The lowest BCUT2D eigenvalue weighted by molar-refractivity contribution is 0.130. The number of rotatable bonds is 3. The summed E-state index contributed by atoms with van der Waals surface area (Å²) in [4.78, 5) is 0. The molecule has 0 aromatic carbocycles. The van der Waals surface area contributed by atoms with Crippen LogP contribution in [0, 0.1) is 17.8 Å². The number of hydrogen-bond donors (Lipinski definition) is 0. The van der Waals surface area contributed by atoms with Crippen molar-refractivity contribution >= 4 is 0 Å². The van der Waals surface area contributed by atoms with Crippen molar-refractivity contribution in [3.05, 3.63) is 0 Å². The fourth-order valence-corrected chi connectivity index (χ4v) is 2.30. The Kier molecular flexibility index (Phi) is 2.76. The molecular weight excluding hydrogens is 120 g/mol. The Balaban J connectivity index is 2.21. The van der Waals surface area contributed by atoms with Crippen LogP contribution in [-0.2, 0) is 0 Å². The molecule has 0 nitrogen and oxygen atoms in total. The molecule has 0 aliphatic heterocycles. The van der Waals surface area contributed by atoms with E-state index in [4.69, 9.17) is 0 Å². The van der Waals surface area contributed by atoms with Crippen LogP contribution >= 0.6 is 0 Å². The maximum atomic E-state index is 2.37. The van der Waals surface area contributed by atoms with Crippen LogP contribution < -0.4 is 0 Å². The second-order valence-corrected chi connectivity index (χ2v) is 3.91. The molecule has 1 aliphatic rings. The molecular formula is C10H20. The summed E-state index contributed by atoms with van der Waals surface area (Å²) in [7, 11) is 0. The molecule has 0 saturated heterocycles. The summed E-state index contributed by atoms with van der Waals surface area (Å²) in [5.41, 5.74) is 0. The third kappa shape index (κ3) is 1.53. The van der Waals surface area contributed by atoms with Crippen LogP contribution in [0.4, 0.5) is 0 Å². The standard InChI is InChI=1S/C10H20/c1-4-9(5-2)10-6-8(3)7-10/h8-10H,4-7H2,1-3H3. The Morgan fingerprint density at radius 1 is 1.20 bits per heavy atom. The van der Waals surface area contributed by atoms with Gasteiger partial charge < -0.3 is 0 Å². The first-order valence-corrected chi connectivity index (χ1v) is 4.77. The molecule has 1 fully saturated rings. The Morgan fingerprint density at radius 2 is 1.70 bits per heavy atom. The maximum absolute atomic E-state index is 2.37. The van der Waals surface area contributed by atoms with Gasteiger partial charge in [-0.1, -0.05) is 33.6 Å². The highest BCUT2D eigenvalue weighted by atomic mass is 14.4. The summed E-state index contributed by atoms with van der Waals surface area (Å²) >= 11 is 0. The van der Waals surface area contributed by atoms with Crippen molar-refractivity contribution in [2.45, 2.75) is 46.5 Å². The molecule has 10 heavy (non-hydrogen) atoms. The van der Waals surface area contributed by atoms with Gasteiger partial charge in [-0.25, -0.2) is 0 Å². The second-order valence-electron chi connectivity index (χ2n) is 3.91. The third-order valence-electron chi connectivity index (χ3n) is 3.13. The Morgan fingerprint density at radius 3 is 2.00 bits per heavy atom. The predicted molar refractivity (Wildman–Crippen MR) is 46.0 cm³/mol. The van der Waals surface area contributed by atoms with Gasteiger partial charge in [-0.15, -0.1) is 0 Å². The topological polar surface area (TPSA) is 0 Å². The van der Waals surface area contributed by atoms with Crippen molar-refractivity contribution in [3.8, 4) is 0 Å². The number of hydrogen-bond acceptors (Lipinski definition) is 0. The first-order chi connectivity index (χ1) is 4.77. The molecule has 0 atom stereocenters. The average Bonchev–Trinajstić information content (AvgIpc) is 1.87. The lowest BCUT2D eigenvalue weighted by Crippen LogP contribution is -2.27. The van der Waals surface area contributed by atoms with Crippen LogP contribution in [0.2, 0.25) is 0 Å².